The zero-order valence-corrected chi connectivity index (χ0v) is 13.2. The van der Waals surface area contributed by atoms with Gasteiger partial charge in [0.15, 0.2) is 0 Å². The molecule has 1 fully saturated rings. The highest BCUT2D eigenvalue weighted by Crippen LogP contribution is 2.28. The maximum atomic E-state index is 11.1. The number of carbonyl (C=O) groups is 1. The highest BCUT2D eigenvalue weighted by molar-refractivity contribution is 9.10. The molecule has 20 heavy (non-hydrogen) atoms. The van der Waals surface area contributed by atoms with E-state index in [1.807, 2.05) is 0 Å². The fourth-order valence-electron chi connectivity index (χ4n) is 2.76. The standard InChI is InChI=1S/C15H22BrN3O/c16-14-5-3-12(4-6-14)13-7-10-19(11-8-13)9-1-2-15(20)18-17/h3-6,13H,1-2,7-11,17H2,(H,18,20). The van der Waals surface area contributed by atoms with E-state index < -0.39 is 0 Å². The van der Waals surface area contributed by atoms with Crippen molar-refractivity contribution in [3.05, 3.63) is 34.3 Å². The SMILES string of the molecule is NNC(=O)CCCN1CCC(c2ccc(Br)cc2)CC1. The van der Waals surface area contributed by atoms with Crippen LogP contribution in [0.2, 0.25) is 0 Å². The lowest BCUT2D eigenvalue weighted by Crippen LogP contribution is -2.35. The number of nitrogens with one attached hydrogen (secondary N) is 1. The molecule has 1 saturated heterocycles. The number of hydrazine groups is 1. The van der Waals surface area contributed by atoms with Crippen molar-refractivity contribution < 1.29 is 4.79 Å². The summed E-state index contributed by atoms with van der Waals surface area (Å²) in [5.74, 6) is 5.67. The van der Waals surface area contributed by atoms with Crippen molar-refractivity contribution in [3.8, 4) is 0 Å². The fraction of sp³-hybridized carbons (Fsp3) is 0.533. The van der Waals surface area contributed by atoms with Gasteiger partial charge in [-0.1, -0.05) is 28.1 Å². The summed E-state index contributed by atoms with van der Waals surface area (Å²) in [5, 5.41) is 0. The lowest BCUT2D eigenvalue weighted by Gasteiger charge is -2.32. The molecule has 2 rings (SSSR count). The molecule has 0 atom stereocenters. The van der Waals surface area contributed by atoms with Crippen LogP contribution in [0.25, 0.3) is 0 Å². The number of nitrogens with zero attached hydrogens (tertiary/aromatic N) is 1. The van der Waals surface area contributed by atoms with Crippen molar-refractivity contribution in [2.24, 2.45) is 5.84 Å². The third-order valence-corrected chi connectivity index (χ3v) is 4.50. The highest BCUT2D eigenvalue weighted by Gasteiger charge is 2.20. The minimum absolute atomic E-state index is 0.0743. The van der Waals surface area contributed by atoms with Crippen LogP contribution in [0.4, 0.5) is 0 Å². The Hall–Kier alpha value is -0.910. The lowest BCUT2D eigenvalue weighted by atomic mass is 9.89. The summed E-state index contributed by atoms with van der Waals surface area (Å²) >= 11 is 3.48. The monoisotopic (exact) mass is 339 g/mol. The van der Waals surface area contributed by atoms with E-state index in [1.165, 1.54) is 18.4 Å². The molecule has 5 heteroatoms. The van der Waals surface area contributed by atoms with Crippen LogP contribution in [-0.4, -0.2) is 30.4 Å². The van der Waals surface area contributed by atoms with Gasteiger partial charge in [-0.15, -0.1) is 0 Å². The van der Waals surface area contributed by atoms with Crippen molar-refractivity contribution in [3.63, 3.8) is 0 Å². The molecule has 1 aromatic rings. The van der Waals surface area contributed by atoms with E-state index in [2.05, 4.69) is 50.5 Å². The Morgan fingerprint density at radius 2 is 1.95 bits per heavy atom. The Labute approximate surface area is 128 Å². The van der Waals surface area contributed by atoms with Crippen molar-refractivity contribution >= 4 is 21.8 Å². The molecule has 4 nitrogen and oxygen atoms in total. The Balaban J connectivity index is 1.72. The van der Waals surface area contributed by atoms with Crippen LogP contribution < -0.4 is 11.3 Å². The second kappa shape index (κ2) is 7.76. The number of carbonyl (C=O) groups excluding carboxylic acids is 1. The van der Waals surface area contributed by atoms with Gasteiger partial charge >= 0.3 is 0 Å². The van der Waals surface area contributed by atoms with Gasteiger partial charge in [0, 0.05) is 10.9 Å². The summed E-state index contributed by atoms with van der Waals surface area (Å²) < 4.78 is 1.14. The van der Waals surface area contributed by atoms with Gasteiger partial charge in [-0.3, -0.25) is 10.2 Å². The van der Waals surface area contributed by atoms with Gasteiger partial charge in [0.1, 0.15) is 0 Å². The Bertz CT molecular complexity index is 427. The first-order valence-electron chi connectivity index (χ1n) is 7.16. The van der Waals surface area contributed by atoms with Crippen LogP contribution in [0.15, 0.2) is 28.7 Å². The fourth-order valence-corrected chi connectivity index (χ4v) is 3.02. The van der Waals surface area contributed by atoms with Gasteiger partial charge in [-0.2, -0.15) is 0 Å². The summed E-state index contributed by atoms with van der Waals surface area (Å²) in [6.07, 6.45) is 3.80. The van der Waals surface area contributed by atoms with Gasteiger partial charge in [-0.05, 0) is 62.5 Å². The van der Waals surface area contributed by atoms with E-state index in [0.717, 1.165) is 30.5 Å². The number of nitrogens with two attached hydrogens (primary N) is 1. The van der Waals surface area contributed by atoms with Crippen LogP contribution in [0.3, 0.4) is 0 Å². The Kier molecular flexibility index (Phi) is 6.01. The first kappa shape index (κ1) is 15.5. The van der Waals surface area contributed by atoms with Crippen LogP contribution >= 0.6 is 15.9 Å². The number of rotatable bonds is 5. The van der Waals surface area contributed by atoms with Gasteiger partial charge in [-0.25, -0.2) is 5.84 Å². The molecule has 0 aromatic heterocycles. The largest absolute Gasteiger partial charge is 0.303 e. The topological polar surface area (TPSA) is 58.4 Å². The van der Waals surface area contributed by atoms with Crippen molar-refractivity contribution in [2.45, 2.75) is 31.6 Å². The molecule has 1 heterocycles. The van der Waals surface area contributed by atoms with Crippen LogP contribution in [0, 0.1) is 0 Å². The molecule has 0 spiro atoms. The summed E-state index contributed by atoms with van der Waals surface area (Å²) in [4.78, 5) is 13.5. The lowest BCUT2D eigenvalue weighted by molar-refractivity contribution is -0.121. The molecule has 0 saturated carbocycles. The van der Waals surface area contributed by atoms with Gasteiger partial charge < -0.3 is 4.90 Å². The predicted octanol–water partition coefficient (Wildman–Crippen LogP) is 2.40. The molecule has 1 aliphatic heterocycles. The van der Waals surface area contributed by atoms with E-state index >= 15 is 0 Å². The molecular weight excluding hydrogens is 318 g/mol. The molecule has 1 aromatic carbocycles. The van der Waals surface area contributed by atoms with Gasteiger partial charge in [0.2, 0.25) is 5.91 Å². The van der Waals surface area contributed by atoms with E-state index in [0.29, 0.717) is 12.3 Å². The Morgan fingerprint density at radius 1 is 1.30 bits per heavy atom. The molecule has 110 valence electrons. The van der Waals surface area contributed by atoms with Crippen molar-refractivity contribution in [1.29, 1.82) is 0 Å². The predicted molar refractivity (Wildman–Crippen MR) is 84.1 cm³/mol. The summed E-state index contributed by atoms with van der Waals surface area (Å²) in [6.45, 7) is 3.22. The average Bonchev–Trinajstić information content (AvgIpc) is 2.48. The maximum Gasteiger partial charge on any atom is 0.233 e. The molecule has 0 bridgehead atoms. The minimum atomic E-state index is -0.0743. The number of likely N-dealkylation sites (tertiary alicyclic amines) is 1. The van der Waals surface area contributed by atoms with Crippen LogP contribution in [0.5, 0.6) is 0 Å². The minimum Gasteiger partial charge on any atom is -0.303 e. The third kappa shape index (κ3) is 4.58. The summed E-state index contributed by atoms with van der Waals surface area (Å²) in [7, 11) is 0. The van der Waals surface area contributed by atoms with E-state index in [9.17, 15) is 4.79 Å². The van der Waals surface area contributed by atoms with E-state index in [-0.39, 0.29) is 5.91 Å². The van der Waals surface area contributed by atoms with Crippen LogP contribution in [0.1, 0.15) is 37.2 Å². The number of halogens is 1. The summed E-state index contributed by atoms with van der Waals surface area (Å²) in [5.41, 5.74) is 3.61. The molecule has 1 amide bonds. The molecule has 0 unspecified atom stereocenters. The second-order valence-corrected chi connectivity index (χ2v) is 6.25. The summed E-state index contributed by atoms with van der Waals surface area (Å²) in [6, 6.07) is 8.67. The zero-order chi connectivity index (χ0) is 14.4. The smallest absolute Gasteiger partial charge is 0.233 e. The normalized spacial score (nSPS) is 17.1. The third-order valence-electron chi connectivity index (χ3n) is 3.97. The first-order chi connectivity index (χ1) is 9.69. The molecule has 3 N–H and O–H groups in total. The number of benzene rings is 1. The number of piperidine rings is 1. The zero-order valence-electron chi connectivity index (χ0n) is 11.6. The highest BCUT2D eigenvalue weighted by atomic mass is 79.9. The van der Waals surface area contributed by atoms with E-state index in [1.54, 1.807) is 0 Å². The van der Waals surface area contributed by atoms with Crippen molar-refractivity contribution in [2.75, 3.05) is 19.6 Å². The maximum absolute atomic E-state index is 11.1. The number of hydrogen-bond acceptors (Lipinski definition) is 3. The molecular formula is C15H22BrN3O. The second-order valence-electron chi connectivity index (χ2n) is 5.34. The average molecular weight is 340 g/mol. The number of amides is 1. The quantitative estimate of drug-likeness (QED) is 0.492. The first-order valence-corrected chi connectivity index (χ1v) is 7.95. The Morgan fingerprint density at radius 3 is 2.55 bits per heavy atom. The molecule has 1 aliphatic rings. The van der Waals surface area contributed by atoms with Gasteiger partial charge in [0.05, 0.1) is 0 Å². The molecule has 0 radical (unpaired) electrons. The number of hydrogen-bond donors (Lipinski definition) is 2. The van der Waals surface area contributed by atoms with E-state index in [4.69, 9.17) is 5.84 Å². The molecule has 0 aliphatic carbocycles. The van der Waals surface area contributed by atoms with Crippen LogP contribution in [-0.2, 0) is 4.79 Å². The van der Waals surface area contributed by atoms with Crippen molar-refractivity contribution in [1.82, 2.24) is 10.3 Å². The van der Waals surface area contributed by atoms with Gasteiger partial charge in [0.25, 0.3) is 0 Å².